The van der Waals surface area contributed by atoms with Gasteiger partial charge in [0.05, 0.1) is 29.9 Å². The fraction of sp³-hybridized carbons (Fsp3) is 0.296. The fourth-order valence-electron chi connectivity index (χ4n) is 4.59. The number of ether oxygens (including phenoxy) is 1. The van der Waals surface area contributed by atoms with E-state index in [4.69, 9.17) is 9.72 Å². The highest BCUT2D eigenvalue weighted by atomic mass is 16.5. The van der Waals surface area contributed by atoms with Gasteiger partial charge >= 0.3 is 0 Å². The second kappa shape index (κ2) is 9.16. The van der Waals surface area contributed by atoms with E-state index in [0.29, 0.717) is 71.6 Å². The van der Waals surface area contributed by atoms with Crippen LogP contribution in [0.25, 0.3) is 16.9 Å². The zero-order chi connectivity index (χ0) is 24.6. The molecule has 3 aromatic heterocycles. The third-order valence-corrected chi connectivity index (χ3v) is 6.60. The Kier molecular flexibility index (Phi) is 5.69. The zero-order valence-corrected chi connectivity index (χ0v) is 20.0. The highest BCUT2D eigenvalue weighted by molar-refractivity contribution is 6.13. The number of amides is 2. The van der Waals surface area contributed by atoms with Crippen molar-refractivity contribution in [2.45, 2.75) is 25.7 Å². The molecule has 1 aliphatic heterocycles. The molecular weight excluding hydrogens is 456 g/mol. The maximum atomic E-state index is 13.6. The smallest absolute Gasteiger partial charge is 0.256 e. The standard InChI is InChI=1S/C27H26N6O3/c1-17-24-21(16-22(18-8-9-18)30-25(24)33(31-17)23-7-2-3-10-28-23)26(34)29-20-6-4-5-19(15-20)27(35)32-11-13-36-14-12-32/h2-7,10,15-16,18H,8-9,11-14H2,1H3,(H,29,34). The largest absolute Gasteiger partial charge is 0.378 e. The van der Waals surface area contributed by atoms with Crippen LogP contribution in [0.2, 0.25) is 0 Å². The van der Waals surface area contributed by atoms with Crippen molar-refractivity contribution in [1.82, 2.24) is 24.6 Å². The number of aryl methyl sites for hydroxylation is 1. The molecule has 0 bridgehead atoms. The van der Waals surface area contributed by atoms with Gasteiger partial charge in [-0.2, -0.15) is 9.78 Å². The van der Waals surface area contributed by atoms with E-state index < -0.39 is 0 Å². The van der Waals surface area contributed by atoms with Crippen LogP contribution in [0.1, 0.15) is 50.9 Å². The van der Waals surface area contributed by atoms with E-state index in [9.17, 15) is 9.59 Å². The summed E-state index contributed by atoms with van der Waals surface area (Å²) in [5.41, 5.74) is 3.83. The number of anilines is 1. The Morgan fingerprint density at radius 2 is 1.89 bits per heavy atom. The van der Waals surface area contributed by atoms with Gasteiger partial charge in [0.15, 0.2) is 11.5 Å². The summed E-state index contributed by atoms with van der Waals surface area (Å²) >= 11 is 0. The molecule has 2 fully saturated rings. The number of morpholine rings is 1. The Morgan fingerprint density at radius 1 is 1.06 bits per heavy atom. The van der Waals surface area contributed by atoms with E-state index >= 15 is 0 Å². The van der Waals surface area contributed by atoms with Gasteiger partial charge in [-0.05, 0) is 56.2 Å². The van der Waals surface area contributed by atoms with Crippen molar-refractivity contribution >= 4 is 28.5 Å². The van der Waals surface area contributed by atoms with E-state index in [1.54, 1.807) is 40.0 Å². The summed E-state index contributed by atoms with van der Waals surface area (Å²) < 4.78 is 7.05. The van der Waals surface area contributed by atoms with Crippen molar-refractivity contribution in [3.8, 4) is 5.82 Å². The van der Waals surface area contributed by atoms with Crippen LogP contribution in [0.5, 0.6) is 0 Å². The van der Waals surface area contributed by atoms with E-state index in [2.05, 4.69) is 15.4 Å². The predicted octanol–water partition coefficient (Wildman–Crippen LogP) is 3.73. The zero-order valence-electron chi connectivity index (χ0n) is 20.0. The van der Waals surface area contributed by atoms with Crippen LogP contribution in [0.4, 0.5) is 5.69 Å². The summed E-state index contributed by atoms with van der Waals surface area (Å²) in [5, 5.41) is 8.37. The summed E-state index contributed by atoms with van der Waals surface area (Å²) in [6.45, 7) is 4.07. The van der Waals surface area contributed by atoms with Crippen LogP contribution < -0.4 is 5.32 Å². The molecule has 1 aromatic carbocycles. The molecule has 1 N–H and O–H groups in total. The maximum absolute atomic E-state index is 13.6. The molecule has 1 saturated carbocycles. The Hall–Kier alpha value is -4.11. The number of nitrogens with one attached hydrogen (secondary N) is 1. The van der Waals surface area contributed by atoms with Crippen molar-refractivity contribution in [1.29, 1.82) is 0 Å². The van der Waals surface area contributed by atoms with E-state index in [1.807, 2.05) is 31.2 Å². The lowest BCUT2D eigenvalue weighted by atomic mass is 10.1. The van der Waals surface area contributed by atoms with Gasteiger partial charge < -0.3 is 15.0 Å². The molecular formula is C27H26N6O3. The van der Waals surface area contributed by atoms with Gasteiger partial charge in [0.25, 0.3) is 11.8 Å². The number of pyridine rings is 2. The summed E-state index contributed by atoms with van der Waals surface area (Å²) in [6, 6.07) is 14.6. The van der Waals surface area contributed by atoms with Crippen LogP contribution >= 0.6 is 0 Å². The third-order valence-electron chi connectivity index (χ3n) is 6.60. The predicted molar refractivity (Wildman–Crippen MR) is 134 cm³/mol. The van der Waals surface area contributed by atoms with Gasteiger partial charge in [-0.15, -0.1) is 0 Å². The number of carbonyl (C=O) groups excluding carboxylic acids is 2. The van der Waals surface area contributed by atoms with Gasteiger partial charge in [0, 0.05) is 42.1 Å². The molecule has 4 aromatic rings. The number of hydrogen-bond acceptors (Lipinski definition) is 6. The van der Waals surface area contributed by atoms with Gasteiger partial charge in [0.2, 0.25) is 0 Å². The fourth-order valence-corrected chi connectivity index (χ4v) is 4.59. The average Bonchev–Trinajstić information content (AvgIpc) is 3.72. The van der Waals surface area contributed by atoms with Crippen LogP contribution in [-0.4, -0.2) is 62.8 Å². The quantitative estimate of drug-likeness (QED) is 0.465. The molecule has 9 nitrogen and oxygen atoms in total. The molecule has 0 unspecified atom stereocenters. The van der Waals surface area contributed by atoms with Crippen molar-refractivity contribution in [3.05, 3.63) is 77.2 Å². The Labute approximate surface area is 208 Å². The van der Waals surface area contributed by atoms with Gasteiger partial charge in [-0.25, -0.2) is 9.97 Å². The molecule has 1 saturated heterocycles. The molecule has 0 spiro atoms. The highest BCUT2D eigenvalue weighted by Crippen LogP contribution is 2.40. The number of aromatic nitrogens is 4. The number of hydrogen-bond donors (Lipinski definition) is 1. The minimum absolute atomic E-state index is 0.0656. The highest BCUT2D eigenvalue weighted by Gasteiger charge is 2.29. The number of rotatable bonds is 5. The van der Waals surface area contributed by atoms with Gasteiger partial charge in [0.1, 0.15) is 0 Å². The molecule has 6 rings (SSSR count). The second-order valence-electron chi connectivity index (χ2n) is 9.19. The summed E-state index contributed by atoms with van der Waals surface area (Å²) in [4.78, 5) is 37.6. The normalized spacial score (nSPS) is 15.8. The molecule has 36 heavy (non-hydrogen) atoms. The molecule has 9 heteroatoms. The van der Waals surface area contributed by atoms with Crippen LogP contribution in [-0.2, 0) is 4.74 Å². The maximum Gasteiger partial charge on any atom is 0.256 e. The molecule has 0 radical (unpaired) electrons. The topological polar surface area (TPSA) is 102 Å². The SMILES string of the molecule is Cc1nn(-c2ccccn2)c2nc(C3CC3)cc(C(=O)Nc3cccc(C(=O)N4CCOCC4)c3)c12. The second-order valence-corrected chi connectivity index (χ2v) is 9.19. The van der Waals surface area contributed by atoms with Gasteiger partial charge in [-0.1, -0.05) is 12.1 Å². The lowest BCUT2D eigenvalue weighted by Crippen LogP contribution is -2.40. The van der Waals surface area contributed by atoms with Crippen molar-refractivity contribution in [2.75, 3.05) is 31.6 Å². The summed E-state index contributed by atoms with van der Waals surface area (Å²) in [6.07, 6.45) is 3.83. The van der Waals surface area contributed by atoms with Crippen molar-refractivity contribution < 1.29 is 14.3 Å². The lowest BCUT2D eigenvalue weighted by Gasteiger charge is -2.27. The minimum atomic E-state index is -0.260. The number of nitrogens with zero attached hydrogens (tertiary/aromatic N) is 5. The first-order valence-corrected chi connectivity index (χ1v) is 12.2. The Morgan fingerprint density at radius 3 is 2.64 bits per heavy atom. The van der Waals surface area contributed by atoms with E-state index in [-0.39, 0.29) is 11.8 Å². The van der Waals surface area contributed by atoms with Crippen molar-refractivity contribution in [3.63, 3.8) is 0 Å². The van der Waals surface area contributed by atoms with Crippen LogP contribution in [0.3, 0.4) is 0 Å². The third kappa shape index (κ3) is 4.22. The lowest BCUT2D eigenvalue weighted by molar-refractivity contribution is 0.0303. The molecule has 182 valence electrons. The first-order chi connectivity index (χ1) is 17.6. The average molecular weight is 483 g/mol. The molecule has 0 atom stereocenters. The summed E-state index contributed by atoms with van der Waals surface area (Å²) in [7, 11) is 0. The Balaban J connectivity index is 1.35. The van der Waals surface area contributed by atoms with E-state index in [0.717, 1.165) is 18.5 Å². The minimum Gasteiger partial charge on any atom is -0.378 e. The first kappa shape index (κ1) is 22.4. The first-order valence-electron chi connectivity index (χ1n) is 12.2. The number of benzene rings is 1. The molecule has 2 aliphatic rings. The van der Waals surface area contributed by atoms with Crippen molar-refractivity contribution in [2.24, 2.45) is 0 Å². The number of fused-ring (bicyclic) bond motifs is 1. The Bertz CT molecular complexity index is 1460. The monoisotopic (exact) mass is 482 g/mol. The van der Waals surface area contributed by atoms with E-state index in [1.165, 1.54) is 0 Å². The summed E-state index contributed by atoms with van der Waals surface area (Å²) in [5.74, 6) is 0.674. The molecule has 4 heterocycles. The van der Waals surface area contributed by atoms with Crippen LogP contribution in [0, 0.1) is 6.92 Å². The molecule has 1 aliphatic carbocycles. The van der Waals surface area contributed by atoms with Crippen LogP contribution in [0.15, 0.2) is 54.7 Å². The van der Waals surface area contributed by atoms with Gasteiger partial charge in [-0.3, -0.25) is 9.59 Å². The molecule has 2 amide bonds. The number of carbonyl (C=O) groups is 2.